The van der Waals surface area contributed by atoms with Crippen molar-refractivity contribution in [3.05, 3.63) is 29.8 Å². The fraction of sp³-hybridized carbons (Fsp3) is 0.667. The van der Waals surface area contributed by atoms with Crippen LogP contribution in [0.5, 0.6) is 0 Å². The van der Waals surface area contributed by atoms with E-state index in [1.54, 1.807) is 0 Å². The third-order valence-electron chi connectivity index (χ3n) is 4.58. The fourth-order valence-corrected chi connectivity index (χ4v) is 3.30. The highest BCUT2D eigenvalue weighted by Gasteiger charge is 2.26. The molecule has 1 aliphatic rings. The Bertz CT molecular complexity index is 445. The molecule has 2 N–H and O–H groups in total. The average Bonchev–Trinajstić information content (AvgIpc) is 2.66. The van der Waals surface area contributed by atoms with Crippen LogP contribution in [0, 0.1) is 0 Å². The number of nitrogens with one attached hydrogen (secondary N) is 1. The first kappa shape index (κ1) is 16.3. The van der Waals surface area contributed by atoms with E-state index >= 15 is 0 Å². The topological polar surface area (TPSA) is 35.5 Å². The van der Waals surface area contributed by atoms with Crippen molar-refractivity contribution in [1.82, 2.24) is 5.32 Å². The largest absolute Gasteiger partial charge is 0.390 e. The molecule has 0 aliphatic carbocycles. The molecular weight excluding hydrogens is 260 g/mol. The molecule has 3 heteroatoms. The first-order valence-corrected chi connectivity index (χ1v) is 8.37. The zero-order chi connectivity index (χ0) is 15.3. The molecule has 1 aromatic carbocycles. The van der Waals surface area contributed by atoms with Crippen molar-refractivity contribution in [2.75, 3.05) is 24.5 Å². The first-order valence-electron chi connectivity index (χ1n) is 8.37. The van der Waals surface area contributed by atoms with Crippen LogP contribution in [-0.2, 0) is 0 Å². The molecule has 0 amide bonds. The molecule has 118 valence electrons. The summed E-state index contributed by atoms with van der Waals surface area (Å²) in [5.74, 6) is 0. The van der Waals surface area contributed by atoms with Crippen LogP contribution in [0.3, 0.4) is 0 Å². The second-order valence-electron chi connectivity index (χ2n) is 6.41. The Morgan fingerprint density at radius 2 is 2.00 bits per heavy atom. The lowest BCUT2D eigenvalue weighted by atomic mass is 9.98. The lowest BCUT2D eigenvalue weighted by Gasteiger charge is -2.29. The predicted molar refractivity (Wildman–Crippen MR) is 89.8 cm³/mol. The van der Waals surface area contributed by atoms with Gasteiger partial charge in [-0.2, -0.15) is 0 Å². The number of nitrogens with zero attached hydrogens (tertiary/aromatic N) is 1. The molecule has 0 radical (unpaired) electrons. The normalized spacial score (nSPS) is 24.7. The maximum Gasteiger partial charge on any atom is 0.0637 e. The van der Waals surface area contributed by atoms with E-state index in [0.717, 1.165) is 45.3 Å². The molecular formula is C18H30N2O. The third kappa shape index (κ3) is 4.21. The molecule has 1 saturated heterocycles. The van der Waals surface area contributed by atoms with E-state index in [1.165, 1.54) is 11.3 Å². The van der Waals surface area contributed by atoms with Gasteiger partial charge in [0.15, 0.2) is 0 Å². The predicted octanol–water partition coefficient (Wildman–Crippen LogP) is 3.49. The molecule has 0 saturated carbocycles. The van der Waals surface area contributed by atoms with Gasteiger partial charge < -0.3 is 15.3 Å². The number of benzene rings is 1. The van der Waals surface area contributed by atoms with E-state index in [9.17, 15) is 5.11 Å². The Morgan fingerprint density at radius 3 is 2.71 bits per heavy atom. The smallest absolute Gasteiger partial charge is 0.0637 e. The van der Waals surface area contributed by atoms with Crippen molar-refractivity contribution in [3.8, 4) is 0 Å². The van der Waals surface area contributed by atoms with E-state index in [0.29, 0.717) is 6.04 Å². The number of hydrogen-bond acceptors (Lipinski definition) is 3. The first-order chi connectivity index (χ1) is 10.1. The summed E-state index contributed by atoms with van der Waals surface area (Å²) in [7, 11) is 0. The van der Waals surface area contributed by atoms with Crippen molar-refractivity contribution >= 4 is 5.69 Å². The highest BCUT2D eigenvalue weighted by molar-refractivity contribution is 5.55. The summed E-state index contributed by atoms with van der Waals surface area (Å²) in [6, 6.07) is 9.15. The monoisotopic (exact) mass is 290 g/mol. The van der Waals surface area contributed by atoms with Crippen molar-refractivity contribution in [2.45, 2.75) is 58.1 Å². The standard InChI is InChI=1S/C18H30N2O/c1-4-16(19-5-2)15-9-6-7-10-17(15)20-13-8-11-18(3,21)12-14-20/h6-7,9-10,16,19,21H,4-5,8,11-14H2,1-3H3. The molecule has 1 heterocycles. The molecule has 2 atom stereocenters. The Morgan fingerprint density at radius 1 is 1.24 bits per heavy atom. The lowest BCUT2D eigenvalue weighted by molar-refractivity contribution is 0.0481. The summed E-state index contributed by atoms with van der Waals surface area (Å²) in [5, 5.41) is 13.9. The van der Waals surface area contributed by atoms with Gasteiger partial charge >= 0.3 is 0 Å². The fourth-order valence-electron chi connectivity index (χ4n) is 3.30. The molecule has 2 rings (SSSR count). The van der Waals surface area contributed by atoms with Gasteiger partial charge in [-0.3, -0.25) is 0 Å². The van der Waals surface area contributed by atoms with Gasteiger partial charge in [-0.05, 0) is 50.8 Å². The van der Waals surface area contributed by atoms with Crippen LogP contribution < -0.4 is 10.2 Å². The maximum absolute atomic E-state index is 10.3. The van der Waals surface area contributed by atoms with Crippen LogP contribution >= 0.6 is 0 Å². The maximum atomic E-state index is 10.3. The minimum Gasteiger partial charge on any atom is -0.390 e. The molecule has 0 spiro atoms. The van der Waals surface area contributed by atoms with E-state index < -0.39 is 5.60 Å². The van der Waals surface area contributed by atoms with Crippen molar-refractivity contribution in [3.63, 3.8) is 0 Å². The van der Waals surface area contributed by atoms with Gasteiger partial charge in [0, 0.05) is 24.8 Å². The lowest BCUT2D eigenvalue weighted by Crippen LogP contribution is -2.30. The molecule has 0 bridgehead atoms. The van der Waals surface area contributed by atoms with Gasteiger partial charge in [-0.25, -0.2) is 0 Å². The summed E-state index contributed by atoms with van der Waals surface area (Å²) >= 11 is 0. The quantitative estimate of drug-likeness (QED) is 0.871. The highest BCUT2D eigenvalue weighted by atomic mass is 16.3. The van der Waals surface area contributed by atoms with E-state index in [4.69, 9.17) is 0 Å². The Kier molecular flexibility index (Phi) is 5.65. The molecule has 2 unspecified atom stereocenters. The van der Waals surface area contributed by atoms with Crippen LogP contribution in [0.15, 0.2) is 24.3 Å². The average molecular weight is 290 g/mol. The molecule has 0 aromatic heterocycles. The number of aliphatic hydroxyl groups is 1. The van der Waals surface area contributed by atoms with E-state index in [1.807, 2.05) is 6.92 Å². The number of para-hydroxylation sites is 1. The number of hydrogen-bond donors (Lipinski definition) is 2. The van der Waals surface area contributed by atoms with Gasteiger partial charge in [-0.1, -0.05) is 32.0 Å². The third-order valence-corrected chi connectivity index (χ3v) is 4.58. The van der Waals surface area contributed by atoms with Crippen LogP contribution in [0.25, 0.3) is 0 Å². The zero-order valence-corrected chi connectivity index (χ0v) is 13.7. The van der Waals surface area contributed by atoms with Crippen LogP contribution in [0.2, 0.25) is 0 Å². The summed E-state index contributed by atoms with van der Waals surface area (Å²) in [6.45, 7) is 9.32. The molecule has 1 aromatic rings. The molecule has 1 aliphatic heterocycles. The van der Waals surface area contributed by atoms with E-state index in [-0.39, 0.29) is 0 Å². The van der Waals surface area contributed by atoms with Gasteiger partial charge in [0.2, 0.25) is 0 Å². The van der Waals surface area contributed by atoms with Gasteiger partial charge in [0.25, 0.3) is 0 Å². The Hall–Kier alpha value is -1.06. The summed E-state index contributed by atoms with van der Waals surface area (Å²) in [5.41, 5.74) is 2.22. The van der Waals surface area contributed by atoms with Crippen molar-refractivity contribution < 1.29 is 5.11 Å². The van der Waals surface area contributed by atoms with Crippen molar-refractivity contribution in [1.29, 1.82) is 0 Å². The zero-order valence-electron chi connectivity index (χ0n) is 13.7. The van der Waals surface area contributed by atoms with Crippen LogP contribution in [-0.4, -0.2) is 30.3 Å². The van der Waals surface area contributed by atoms with Gasteiger partial charge in [0.05, 0.1) is 5.60 Å². The minimum atomic E-state index is -0.504. The van der Waals surface area contributed by atoms with Gasteiger partial charge in [0.1, 0.15) is 0 Å². The Balaban J connectivity index is 2.23. The van der Waals surface area contributed by atoms with Crippen LogP contribution in [0.4, 0.5) is 5.69 Å². The molecule has 21 heavy (non-hydrogen) atoms. The number of anilines is 1. The summed E-state index contributed by atoms with van der Waals surface area (Å²) < 4.78 is 0. The molecule has 3 nitrogen and oxygen atoms in total. The van der Waals surface area contributed by atoms with E-state index in [2.05, 4.69) is 48.3 Å². The minimum absolute atomic E-state index is 0.412. The Labute approximate surface area is 129 Å². The summed E-state index contributed by atoms with van der Waals surface area (Å²) in [4.78, 5) is 2.46. The molecule has 1 fully saturated rings. The van der Waals surface area contributed by atoms with Gasteiger partial charge in [-0.15, -0.1) is 0 Å². The number of rotatable bonds is 5. The highest BCUT2D eigenvalue weighted by Crippen LogP contribution is 2.31. The second-order valence-corrected chi connectivity index (χ2v) is 6.41. The second kappa shape index (κ2) is 7.28. The van der Waals surface area contributed by atoms with Crippen LogP contribution in [0.1, 0.15) is 58.1 Å². The van der Waals surface area contributed by atoms with Crippen molar-refractivity contribution in [2.24, 2.45) is 0 Å². The SMILES string of the molecule is CCNC(CC)c1ccccc1N1CCCC(C)(O)CC1. The summed E-state index contributed by atoms with van der Waals surface area (Å²) in [6.07, 6.45) is 3.89.